The molecule has 3 aromatic rings. The van der Waals surface area contributed by atoms with Crippen molar-refractivity contribution in [2.45, 2.75) is 67.6 Å². The summed E-state index contributed by atoms with van der Waals surface area (Å²) in [5.41, 5.74) is 8.45. The van der Waals surface area contributed by atoms with E-state index in [2.05, 4.69) is 44.3 Å². The number of benzene rings is 1. The minimum Gasteiger partial charge on any atom is -0.351 e. The molecular formula is C26H36N4O3. The molecule has 0 spiro atoms. The molecule has 2 aromatic heterocycles. The molecule has 0 aliphatic heterocycles. The maximum absolute atomic E-state index is 12.5. The van der Waals surface area contributed by atoms with Gasteiger partial charge in [0.05, 0.1) is 17.9 Å². The monoisotopic (exact) mass is 452 g/mol. The molecule has 7 nitrogen and oxygen atoms in total. The van der Waals surface area contributed by atoms with Crippen LogP contribution in [-0.4, -0.2) is 46.7 Å². The first kappa shape index (κ1) is 24.9. The number of pyridine rings is 1. The standard InChI is InChI=1S/C26H36N4O3/c1-8-32-24(33-9-2)15-27-23(31)13-12-22-18(5)25-20(7)29-30(26(25)28-19(22)6)21-11-10-16(3)17(4)14-21/h10-11,14,24H,8-9,12-13,15H2,1-7H3,(H,27,31). The second kappa shape index (κ2) is 10.9. The average molecular weight is 453 g/mol. The van der Waals surface area contributed by atoms with E-state index < -0.39 is 6.29 Å². The minimum absolute atomic E-state index is 0.0270. The molecule has 0 unspecified atom stereocenters. The molecule has 0 atom stereocenters. The number of aryl methyl sites for hydroxylation is 5. The zero-order valence-electron chi connectivity index (χ0n) is 20.9. The summed E-state index contributed by atoms with van der Waals surface area (Å²) in [6.45, 7) is 15.6. The Morgan fingerprint density at radius 2 is 1.73 bits per heavy atom. The number of carbonyl (C=O) groups is 1. The summed E-state index contributed by atoms with van der Waals surface area (Å²) < 4.78 is 12.9. The van der Waals surface area contributed by atoms with Crippen LogP contribution in [0.2, 0.25) is 0 Å². The highest BCUT2D eigenvalue weighted by Crippen LogP contribution is 2.28. The minimum atomic E-state index is -0.413. The summed E-state index contributed by atoms with van der Waals surface area (Å²) in [6, 6.07) is 6.34. The van der Waals surface area contributed by atoms with E-state index in [4.69, 9.17) is 19.6 Å². The van der Waals surface area contributed by atoms with Gasteiger partial charge in [-0.3, -0.25) is 4.79 Å². The van der Waals surface area contributed by atoms with Crippen molar-refractivity contribution in [3.63, 3.8) is 0 Å². The molecule has 2 heterocycles. The number of hydrogen-bond acceptors (Lipinski definition) is 5. The first-order valence-corrected chi connectivity index (χ1v) is 11.7. The van der Waals surface area contributed by atoms with Crippen molar-refractivity contribution in [2.75, 3.05) is 19.8 Å². The number of fused-ring (bicyclic) bond motifs is 1. The van der Waals surface area contributed by atoms with Gasteiger partial charge in [0.2, 0.25) is 5.91 Å². The molecule has 3 rings (SSSR count). The van der Waals surface area contributed by atoms with Crippen molar-refractivity contribution in [1.29, 1.82) is 0 Å². The number of aromatic nitrogens is 3. The van der Waals surface area contributed by atoms with Crippen molar-refractivity contribution < 1.29 is 14.3 Å². The van der Waals surface area contributed by atoms with Crippen LogP contribution in [-0.2, 0) is 20.7 Å². The highest BCUT2D eigenvalue weighted by Gasteiger charge is 2.19. The first-order valence-electron chi connectivity index (χ1n) is 11.7. The molecular weight excluding hydrogens is 416 g/mol. The fraction of sp³-hybridized carbons (Fsp3) is 0.500. The van der Waals surface area contributed by atoms with Crippen LogP contribution < -0.4 is 5.32 Å². The SMILES string of the molecule is CCOC(CNC(=O)CCc1c(C)nc2c(c(C)nn2-c2ccc(C)c(C)c2)c1C)OCC. The molecule has 0 aliphatic rings. The molecule has 0 aliphatic carbocycles. The van der Waals surface area contributed by atoms with E-state index in [1.165, 1.54) is 11.1 Å². The van der Waals surface area contributed by atoms with Crippen molar-refractivity contribution in [3.05, 3.63) is 51.8 Å². The Balaban J connectivity index is 1.80. The van der Waals surface area contributed by atoms with Gasteiger partial charge in [-0.25, -0.2) is 9.67 Å². The van der Waals surface area contributed by atoms with Crippen LogP contribution >= 0.6 is 0 Å². The number of ether oxygens (including phenoxy) is 2. The topological polar surface area (TPSA) is 78.3 Å². The van der Waals surface area contributed by atoms with Crippen LogP contribution in [0.3, 0.4) is 0 Å². The molecule has 0 fully saturated rings. The number of rotatable bonds is 10. The van der Waals surface area contributed by atoms with Crippen LogP contribution in [0.4, 0.5) is 0 Å². The fourth-order valence-electron chi connectivity index (χ4n) is 4.17. The Kier molecular flexibility index (Phi) is 8.21. The van der Waals surface area contributed by atoms with Gasteiger partial charge in [0.25, 0.3) is 0 Å². The third-order valence-corrected chi connectivity index (χ3v) is 6.08. The second-order valence-corrected chi connectivity index (χ2v) is 8.41. The van der Waals surface area contributed by atoms with Gasteiger partial charge in [-0.2, -0.15) is 5.10 Å². The van der Waals surface area contributed by atoms with Crippen molar-refractivity contribution in [2.24, 2.45) is 0 Å². The molecule has 0 radical (unpaired) electrons. The van der Waals surface area contributed by atoms with Gasteiger partial charge in [0, 0.05) is 30.7 Å². The van der Waals surface area contributed by atoms with E-state index in [0.29, 0.717) is 32.6 Å². The van der Waals surface area contributed by atoms with Crippen LogP contribution in [0.5, 0.6) is 0 Å². The number of hydrogen-bond donors (Lipinski definition) is 1. The molecule has 1 aromatic carbocycles. The van der Waals surface area contributed by atoms with E-state index in [-0.39, 0.29) is 5.91 Å². The third kappa shape index (κ3) is 5.60. The van der Waals surface area contributed by atoms with Crippen LogP contribution in [0.1, 0.15) is 53.9 Å². The predicted molar refractivity (Wildman–Crippen MR) is 131 cm³/mol. The maximum Gasteiger partial charge on any atom is 0.220 e. The summed E-state index contributed by atoms with van der Waals surface area (Å²) in [5, 5.41) is 8.78. The molecule has 0 bridgehead atoms. The molecule has 1 N–H and O–H groups in total. The van der Waals surface area contributed by atoms with E-state index in [1.54, 1.807) is 0 Å². The largest absolute Gasteiger partial charge is 0.351 e. The Hall–Kier alpha value is -2.77. The number of nitrogens with zero attached hydrogens (tertiary/aromatic N) is 3. The van der Waals surface area contributed by atoms with Crippen molar-refractivity contribution in [3.8, 4) is 5.69 Å². The number of nitrogens with one attached hydrogen (secondary N) is 1. The lowest BCUT2D eigenvalue weighted by Crippen LogP contribution is -2.35. The molecule has 178 valence electrons. The van der Waals surface area contributed by atoms with Crippen LogP contribution in [0.15, 0.2) is 18.2 Å². The molecule has 0 saturated heterocycles. The van der Waals surface area contributed by atoms with Crippen molar-refractivity contribution >= 4 is 16.9 Å². The van der Waals surface area contributed by atoms with Crippen molar-refractivity contribution in [1.82, 2.24) is 20.1 Å². The quantitative estimate of drug-likeness (QED) is 0.461. The third-order valence-electron chi connectivity index (χ3n) is 6.08. The summed E-state index contributed by atoms with van der Waals surface area (Å²) in [5.74, 6) is -0.0270. The summed E-state index contributed by atoms with van der Waals surface area (Å²) in [4.78, 5) is 17.4. The summed E-state index contributed by atoms with van der Waals surface area (Å²) in [7, 11) is 0. The van der Waals surface area contributed by atoms with E-state index in [1.807, 2.05) is 32.4 Å². The smallest absolute Gasteiger partial charge is 0.220 e. The summed E-state index contributed by atoms with van der Waals surface area (Å²) >= 11 is 0. The zero-order chi connectivity index (χ0) is 24.1. The number of amides is 1. The molecule has 7 heteroatoms. The van der Waals surface area contributed by atoms with Gasteiger partial charge in [0.15, 0.2) is 11.9 Å². The van der Waals surface area contributed by atoms with Gasteiger partial charge >= 0.3 is 0 Å². The summed E-state index contributed by atoms with van der Waals surface area (Å²) in [6.07, 6.45) is 0.586. The fourth-order valence-corrected chi connectivity index (χ4v) is 4.17. The maximum atomic E-state index is 12.5. The lowest BCUT2D eigenvalue weighted by molar-refractivity contribution is -0.140. The zero-order valence-corrected chi connectivity index (χ0v) is 20.9. The molecule has 1 amide bonds. The Labute approximate surface area is 196 Å². The lowest BCUT2D eigenvalue weighted by atomic mass is 9.99. The van der Waals surface area contributed by atoms with Gasteiger partial charge in [0.1, 0.15) is 0 Å². The predicted octanol–water partition coefficient (Wildman–Crippen LogP) is 4.41. The Morgan fingerprint density at radius 3 is 2.36 bits per heavy atom. The lowest BCUT2D eigenvalue weighted by Gasteiger charge is -2.17. The van der Waals surface area contributed by atoms with Gasteiger partial charge < -0.3 is 14.8 Å². The number of carbonyl (C=O) groups excluding carboxylic acids is 1. The Morgan fingerprint density at radius 1 is 1.03 bits per heavy atom. The molecule has 0 saturated carbocycles. The highest BCUT2D eigenvalue weighted by molar-refractivity contribution is 5.85. The van der Waals surface area contributed by atoms with Gasteiger partial charge in [-0.15, -0.1) is 0 Å². The van der Waals surface area contributed by atoms with E-state index >= 15 is 0 Å². The van der Waals surface area contributed by atoms with E-state index in [0.717, 1.165) is 39.2 Å². The normalized spacial score (nSPS) is 11.5. The second-order valence-electron chi connectivity index (χ2n) is 8.41. The molecule has 33 heavy (non-hydrogen) atoms. The average Bonchev–Trinajstić information content (AvgIpc) is 3.10. The van der Waals surface area contributed by atoms with Gasteiger partial charge in [-0.1, -0.05) is 6.07 Å². The van der Waals surface area contributed by atoms with E-state index in [9.17, 15) is 4.79 Å². The van der Waals surface area contributed by atoms with Crippen LogP contribution in [0, 0.1) is 34.6 Å². The Bertz CT molecular complexity index is 1130. The van der Waals surface area contributed by atoms with Crippen LogP contribution in [0.25, 0.3) is 16.7 Å². The highest BCUT2D eigenvalue weighted by atomic mass is 16.7. The van der Waals surface area contributed by atoms with Gasteiger partial charge in [-0.05, 0) is 89.3 Å². The first-order chi connectivity index (χ1) is 15.8.